The summed E-state index contributed by atoms with van der Waals surface area (Å²) in [6.07, 6.45) is -6.12. The molecular weight excluding hydrogens is 617 g/mol. The number of hydrogen-bond donors (Lipinski definition) is 1. The third-order valence-corrected chi connectivity index (χ3v) is 9.47. The Morgan fingerprint density at radius 1 is 0.907 bits per heavy atom. The van der Waals surface area contributed by atoms with E-state index >= 15 is 0 Å². The van der Waals surface area contributed by atoms with Crippen molar-refractivity contribution in [3.8, 4) is 5.75 Å². The summed E-state index contributed by atoms with van der Waals surface area (Å²) in [5.41, 5.74) is -0.593. The van der Waals surface area contributed by atoms with Crippen molar-refractivity contribution < 1.29 is 67.5 Å². The number of hydrogen-bond acceptors (Lipinski definition) is 7. The highest BCUT2D eigenvalue weighted by molar-refractivity contribution is 7.87. The number of unbranched alkanes of at least 4 members (excludes halogenated alkanes) is 1. The number of halogens is 7. The van der Waals surface area contributed by atoms with E-state index in [0.717, 1.165) is 19.3 Å². The van der Waals surface area contributed by atoms with Crippen LogP contribution in [0.2, 0.25) is 0 Å². The molecule has 0 amide bonds. The fourth-order valence-corrected chi connectivity index (χ4v) is 7.24. The van der Waals surface area contributed by atoms with Crippen LogP contribution < -0.4 is 4.74 Å². The van der Waals surface area contributed by atoms with E-state index < -0.39 is 76.5 Å². The smallest absolute Gasteiger partial charge is 0.421 e. The summed E-state index contributed by atoms with van der Waals surface area (Å²) in [5, 5.41) is -5.86. The van der Waals surface area contributed by atoms with E-state index in [0.29, 0.717) is 5.56 Å². The number of benzene rings is 1. The lowest BCUT2D eigenvalue weighted by Gasteiger charge is -2.55. The molecule has 1 N–H and O–H groups in total. The molecule has 43 heavy (non-hydrogen) atoms. The highest BCUT2D eigenvalue weighted by Crippen LogP contribution is 2.61. The van der Waals surface area contributed by atoms with E-state index in [1.807, 2.05) is 0 Å². The second-order valence-corrected chi connectivity index (χ2v) is 13.4. The van der Waals surface area contributed by atoms with Gasteiger partial charge in [-0.2, -0.15) is 39.2 Å². The van der Waals surface area contributed by atoms with E-state index in [2.05, 4.69) is 0 Å². The van der Waals surface area contributed by atoms with Crippen molar-refractivity contribution in [3.63, 3.8) is 0 Å². The van der Waals surface area contributed by atoms with Crippen LogP contribution in [0.15, 0.2) is 24.3 Å². The maximum absolute atomic E-state index is 14.7. The molecule has 0 heterocycles. The highest BCUT2D eigenvalue weighted by Gasteiger charge is 2.70. The van der Waals surface area contributed by atoms with Crippen LogP contribution in [0.4, 0.5) is 30.7 Å². The van der Waals surface area contributed by atoms with Gasteiger partial charge in [-0.25, -0.2) is 4.79 Å². The Balaban J connectivity index is 1.55. The largest absolute Gasteiger partial charge is 0.468 e. The SMILES string of the molecule is Cc1ccc(OC(=O)C(OCCCCC(F)(F)C(F)(F)S(=O)(=O)O)(OC(=O)C23CC4CC(CC(C4)C2)C3)C(F)(F)F)cc1. The van der Waals surface area contributed by atoms with Crippen LogP contribution in [-0.2, 0) is 29.2 Å². The summed E-state index contributed by atoms with van der Waals surface area (Å²) in [4.78, 5) is 26.6. The Bertz CT molecular complexity index is 1280. The van der Waals surface area contributed by atoms with Crippen molar-refractivity contribution in [2.75, 3.05) is 6.61 Å². The van der Waals surface area contributed by atoms with Crippen LogP contribution in [0.1, 0.15) is 63.4 Å². The molecule has 0 spiro atoms. The lowest BCUT2D eigenvalue weighted by molar-refractivity contribution is -0.356. The zero-order valence-corrected chi connectivity index (χ0v) is 23.8. The molecule has 4 aliphatic rings. The van der Waals surface area contributed by atoms with Crippen LogP contribution in [0.5, 0.6) is 5.75 Å². The van der Waals surface area contributed by atoms with E-state index in [1.165, 1.54) is 24.3 Å². The van der Waals surface area contributed by atoms with Gasteiger partial charge in [-0.05, 0) is 88.2 Å². The summed E-state index contributed by atoms with van der Waals surface area (Å²) in [5.74, 6) is -13.1. The average Bonchev–Trinajstić information content (AvgIpc) is 2.86. The standard InChI is InChI=1S/C27H31F7O8S/c1-16-4-6-20(7-5-16)41-22(36)25(26(30,31)32,40-9-3-2-8-24(28,29)27(33,34)43(37,38)39)42-21(35)23-13-17-10-18(14-23)12-19(11-17)15-23/h4-7,17-19H,2-3,8-15H2,1H3,(H,37,38,39). The quantitative estimate of drug-likeness (QED) is 0.0710. The molecule has 4 aliphatic carbocycles. The van der Waals surface area contributed by atoms with Gasteiger partial charge in [0, 0.05) is 6.42 Å². The first-order chi connectivity index (χ1) is 19.7. The highest BCUT2D eigenvalue weighted by atomic mass is 32.2. The van der Waals surface area contributed by atoms with Crippen LogP contribution in [0, 0.1) is 30.1 Å². The Hall–Kier alpha value is -2.46. The van der Waals surface area contributed by atoms with Crippen molar-refractivity contribution in [1.82, 2.24) is 0 Å². The summed E-state index contributed by atoms with van der Waals surface area (Å²) in [7, 11) is -6.50. The molecule has 0 radical (unpaired) electrons. The van der Waals surface area contributed by atoms with Gasteiger partial charge in [0.05, 0.1) is 12.0 Å². The van der Waals surface area contributed by atoms with E-state index in [9.17, 15) is 48.7 Å². The number of ether oxygens (including phenoxy) is 3. The second-order valence-electron chi connectivity index (χ2n) is 11.9. The Kier molecular flexibility index (Phi) is 8.92. The fraction of sp³-hybridized carbons (Fsp3) is 0.704. The molecular formula is C27H31F7O8S. The molecule has 8 nitrogen and oxygen atoms in total. The van der Waals surface area contributed by atoms with Crippen molar-refractivity contribution in [3.05, 3.63) is 29.8 Å². The molecule has 0 saturated heterocycles. The summed E-state index contributed by atoms with van der Waals surface area (Å²) in [6, 6.07) is 5.24. The monoisotopic (exact) mass is 648 g/mol. The predicted molar refractivity (Wildman–Crippen MR) is 134 cm³/mol. The second kappa shape index (κ2) is 11.5. The molecule has 1 aromatic rings. The van der Waals surface area contributed by atoms with Crippen molar-refractivity contribution in [1.29, 1.82) is 0 Å². The van der Waals surface area contributed by atoms with Gasteiger partial charge < -0.3 is 14.2 Å². The first kappa shape index (κ1) is 33.4. The number of carbonyl (C=O) groups excluding carboxylic acids is 2. The Morgan fingerprint density at radius 2 is 1.42 bits per heavy atom. The molecule has 1 unspecified atom stereocenters. The molecule has 4 fully saturated rings. The molecule has 242 valence electrons. The number of aryl methyl sites for hydroxylation is 1. The molecule has 1 aromatic carbocycles. The van der Waals surface area contributed by atoms with Gasteiger partial charge in [-0.3, -0.25) is 9.35 Å². The normalized spacial score (nSPS) is 27.0. The first-order valence-corrected chi connectivity index (χ1v) is 15.1. The molecule has 5 rings (SSSR count). The van der Waals surface area contributed by atoms with Gasteiger partial charge >= 0.3 is 45.2 Å². The zero-order chi connectivity index (χ0) is 32.1. The molecule has 0 aliphatic heterocycles. The molecule has 16 heteroatoms. The van der Waals surface area contributed by atoms with Gasteiger partial charge in [0.25, 0.3) is 0 Å². The molecule has 0 aromatic heterocycles. The molecule has 4 saturated carbocycles. The number of carbonyl (C=O) groups is 2. The van der Waals surface area contributed by atoms with Gasteiger partial charge in [0.1, 0.15) is 5.75 Å². The first-order valence-electron chi connectivity index (χ1n) is 13.7. The molecule has 4 bridgehead atoms. The van der Waals surface area contributed by atoms with Gasteiger partial charge in [-0.1, -0.05) is 17.7 Å². The summed E-state index contributed by atoms with van der Waals surface area (Å²) < 4.78 is 143. The minimum absolute atomic E-state index is 0.113. The topological polar surface area (TPSA) is 116 Å². The van der Waals surface area contributed by atoms with Crippen LogP contribution in [0.25, 0.3) is 0 Å². The fourth-order valence-electron chi connectivity index (χ4n) is 6.76. The van der Waals surface area contributed by atoms with Gasteiger partial charge in [0.2, 0.25) is 0 Å². The lowest BCUT2D eigenvalue weighted by atomic mass is 9.49. The minimum Gasteiger partial charge on any atom is -0.421 e. The summed E-state index contributed by atoms with van der Waals surface area (Å²) in [6.45, 7) is 0.460. The maximum Gasteiger partial charge on any atom is 0.468 e. The van der Waals surface area contributed by atoms with Gasteiger partial charge in [-0.15, -0.1) is 0 Å². The maximum atomic E-state index is 14.7. The lowest BCUT2D eigenvalue weighted by Crippen LogP contribution is -2.62. The van der Waals surface area contributed by atoms with Crippen LogP contribution in [0.3, 0.4) is 0 Å². The third kappa shape index (κ3) is 6.51. The van der Waals surface area contributed by atoms with Crippen LogP contribution in [-0.4, -0.2) is 54.7 Å². The number of alkyl halides is 7. The molecule has 1 atom stereocenters. The third-order valence-electron chi connectivity index (χ3n) is 8.52. The van der Waals surface area contributed by atoms with Crippen molar-refractivity contribution in [2.45, 2.75) is 87.9 Å². The van der Waals surface area contributed by atoms with Crippen molar-refractivity contribution in [2.24, 2.45) is 23.2 Å². The number of esters is 2. The number of rotatable bonds is 12. The van der Waals surface area contributed by atoms with Crippen molar-refractivity contribution >= 4 is 22.1 Å². The van der Waals surface area contributed by atoms with Gasteiger partial charge in [0.15, 0.2) is 0 Å². The Labute approximate surface area is 243 Å². The predicted octanol–water partition coefficient (Wildman–Crippen LogP) is 6.22. The minimum atomic E-state index is -6.50. The van der Waals surface area contributed by atoms with Crippen LogP contribution >= 0.6 is 0 Å². The average molecular weight is 649 g/mol. The zero-order valence-electron chi connectivity index (χ0n) is 23.0. The van der Waals surface area contributed by atoms with E-state index in [4.69, 9.17) is 18.8 Å². The van der Waals surface area contributed by atoms with E-state index in [1.54, 1.807) is 6.92 Å². The van der Waals surface area contributed by atoms with E-state index in [-0.39, 0.29) is 42.8 Å². The summed E-state index contributed by atoms with van der Waals surface area (Å²) >= 11 is 0. The Morgan fingerprint density at radius 3 is 1.88 bits per heavy atom.